The van der Waals surface area contributed by atoms with Crippen molar-refractivity contribution in [2.24, 2.45) is 5.73 Å². The van der Waals surface area contributed by atoms with Gasteiger partial charge in [-0.2, -0.15) is 0 Å². The fourth-order valence-corrected chi connectivity index (χ4v) is 2.06. The molecule has 5 nitrogen and oxygen atoms in total. The first-order chi connectivity index (χ1) is 8.06. The Morgan fingerprint density at radius 2 is 2.41 bits per heavy atom. The molecular weight excluding hydrogens is 220 g/mol. The zero-order chi connectivity index (χ0) is 12.7. The van der Waals surface area contributed by atoms with Crippen LogP contribution in [-0.4, -0.2) is 43.9 Å². The summed E-state index contributed by atoms with van der Waals surface area (Å²) >= 11 is 0. The van der Waals surface area contributed by atoms with Crippen molar-refractivity contribution in [1.29, 1.82) is 0 Å². The highest BCUT2D eigenvalue weighted by atomic mass is 16.5. The maximum absolute atomic E-state index is 10.4. The van der Waals surface area contributed by atoms with Crippen LogP contribution in [0.15, 0.2) is 0 Å². The van der Waals surface area contributed by atoms with Gasteiger partial charge >= 0.3 is 0 Å². The van der Waals surface area contributed by atoms with E-state index in [4.69, 9.17) is 15.2 Å². The van der Waals surface area contributed by atoms with Gasteiger partial charge in [-0.1, -0.05) is 6.92 Å². The lowest BCUT2D eigenvalue weighted by molar-refractivity contribution is -0.122. The third kappa shape index (κ3) is 5.48. The van der Waals surface area contributed by atoms with E-state index >= 15 is 0 Å². The summed E-state index contributed by atoms with van der Waals surface area (Å²) in [4.78, 5) is 10.4. The number of nitrogens with one attached hydrogen (secondary N) is 1. The van der Waals surface area contributed by atoms with Gasteiger partial charge in [0.05, 0.1) is 12.2 Å². The summed E-state index contributed by atoms with van der Waals surface area (Å²) in [5, 5.41) is 3.43. The van der Waals surface area contributed by atoms with Gasteiger partial charge in [0.2, 0.25) is 5.91 Å². The summed E-state index contributed by atoms with van der Waals surface area (Å²) < 4.78 is 10.9. The molecule has 2 unspecified atom stereocenters. The fraction of sp³-hybridized carbons (Fsp3) is 0.917. The number of carbonyl (C=O) groups excluding carboxylic acids is 1. The van der Waals surface area contributed by atoms with E-state index in [1.54, 1.807) is 0 Å². The summed E-state index contributed by atoms with van der Waals surface area (Å²) in [5.41, 5.74) is 4.97. The molecule has 1 aliphatic heterocycles. The van der Waals surface area contributed by atoms with Crippen LogP contribution in [0, 0.1) is 0 Å². The SMILES string of the molecule is CCC1(C)CC(NCCOCC(N)=O)CCO1. The maximum atomic E-state index is 10.4. The maximum Gasteiger partial charge on any atom is 0.243 e. The van der Waals surface area contributed by atoms with E-state index in [1.807, 2.05) is 0 Å². The second-order valence-electron chi connectivity index (χ2n) is 4.81. The third-order valence-corrected chi connectivity index (χ3v) is 3.27. The van der Waals surface area contributed by atoms with E-state index in [1.165, 1.54) is 0 Å². The second-order valence-corrected chi connectivity index (χ2v) is 4.81. The molecule has 1 heterocycles. The lowest BCUT2D eigenvalue weighted by Gasteiger charge is -2.38. The normalized spacial score (nSPS) is 29.2. The molecule has 0 radical (unpaired) electrons. The Morgan fingerprint density at radius 1 is 1.65 bits per heavy atom. The number of hydrogen-bond donors (Lipinski definition) is 2. The molecule has 1 fully saturated rings. The van der Waals surface area contributed by atoms with Crippen molar-refractivity contribution in [3.05, 3.63) is 0 Å². The smallest absolute Gasteiger partial charge is 0.243 e. The lowest BCUT2D eigenvalue weighted by atomic mass is 9.90. The zero-order valence-electron chi connectivity index (χ0n) is 10.8. The molecule has 1 saturated heterocycles. The van der Waals surface area contributed by atoms with E-state index in [0.29, 0.717) is 12.6 Å². The van der Waals surface area contributed by atoms with E-state index in [9.17, 15) is 4.79 Å². The number of amides is 1. The Hall–Kier alpha value is -0.650. The average molecular weight is 244 g/mol. The highest BCUT2D eigenvalue weighted by Gasteiger charge is 2.31. The fourth-order valence-electron chi connectivity index (χ4n) is 2.06. The van der Waals surface area contributed by atoms with Gasteiger partial charge in [0, 0.05) is 19.2 Å². The van der Waals surface area contributed by atoms with Crippen molar-refractivity contribution >= 4 is 5.91 Å². The number of ether oxygens (including phenoxy) is 2. The van der Waals surface area contributed by atoms with Crippen LogP contribution in [0.5, 0.6) is 0 Å². The van der Waals surface area contributed by atoms with E-state index in [-0.39, 0.29) is 12.2 Å². The minimum absolute atomic E-state index is 0.00212. The largest absolute Gasteiger partial charge is 0.375 e. The van der Waals surface area contributed by atoms with Gasteiger partial charge in [0.15, 0.2) is 0 Å². The average Bonchev–Trinajstić information content (AvgIpc) is 2.28. The van der Waals surface area contributed by atoms with Crippen LogP contribution in [-0.2, 0) is 14.3 Å². The number of hydrogen-bond acceptors (Lipinski definition) is 4. The van der Waals surface area contributed by atoms with E-state index < -0.39 is 5.91 Å². The van der Waals surface area contributed by atoms with Gasteiger partial charge in [-0.05, 0) is 26.2 Å². The van der Waals surface area contributed by atoms with Crippen molar-refractivity contribution in [1.82, 2.24) is 5.32 Å². The Bertz CT molecular complexity index is 248. The number of carbonyl (C=O) groups is 1. The molecular formula is C12H24N2O3. The number of primary amides is 1. The Morgan fingerprint density at radius 3 is 3.06 bits per heavy atom. The highest BCUT2D eigenvalue weighted by molar-refractivity contribution is 5.74. The number of nitrogens with two attached hydrogens (primary N) is 1. The molecule has 2 atom stereocenters. The molecule has 1 aliphatic rings. The van der Waals surface area contributed by atoms with Crippen molar-refractivity contribution in [3.8, 4) is 0 Å². The molecule has 0 aromatic heterocycles. The van der Waals surface area contributed by atoms with Crippen LogP contribution in [0.25, 0.3) is 0 Å². The molecule has 0 aliphatic carbocycles. The molecule has 1 amide bonds. The molecule has 0 aromatic carbocycles. The van der Waals surface area contributed by atoms with Crippen LogP contribution < -0.4 is 11.1 Å². The molecule has 0 aromatic rings. The summed E-state index contributed by atoms with van der Waals surface area (Å²) in [5.74, 6) is -0.422. The van der Waals surface area contributed by atoms with Gasteiger partial charge in [-0.3, -0.25) is 4.79 Å². The van der Waals surface area contributed by atoms with Gasteiger partial charge in [-0.15, -0.1) is 0 Å². The van der Waals surface area contributed by atoms with Gasteiger partial charge in [-0.25, -0.2) is 0 Å². The molecule has 100 valence electrons. The Balaban J connectivity index is 2.12. The standard InChI is InChI=1S/C12H24N2O3/c1-3-12(2)8-10(4-6-17-12)14-5-7-16-9-11(13)15/h10,14H,3-9H2,1-2H3,(H2,13,15). The van der Waals surface area contributed by atoms with Crippen molar-refractivity contribution in [3.63, 3.8) is 0 Å². The second kappa shape index (κ2) is 6.93. The molecule has 5 heteroatoms. The Kier molecular flexibility index (Phi) is 5.88. The Labute approximate surface area is 103 Å². The van der Waals surface area contributed by atoms with Gasteiger partial charge < -0.3 is 20.5 Å². The molecule has 0 bridgehead atoms. The predicted octanol–water partition coefficient (Wildman–Crippen LogP) is 0.426. The quantitative estimate of drug-likeness (QED) is 0.637. The first-order valence-electron chi connectivity index (χ1n) is 6.29. The third-order valence-electron chi connectivity index (χ3n) is 3.27. The van der Waals surface area contributed by atoms with Gasteiger partial charge in [0.25, 0.3) is 0 Å². The summed E-state index contributed by atoms with van der Waals surface area (Å²) in [6.45, 7) is 6.38. The van der Waals surface area contributed by atoms with Gasteiger partial charge in [0.1, 0.15) is 6.61 Å². The molecule has 0 spiro atoms. The first-order valence-corrected chi connectivity index (χ1v) is 6.29. The minimum Gasteiger partial charge on any atom is -0.375 e. The molecule has 17 heavy (non-hydrogen) atoms. The molecule has 1 rings (SSSR count). The predicted molar refractivity (Wildman–Crippen MR) is 65.7 cm³/mol. The first kappa shape index (κ1) is 14.4. The lowest BCUT2D eigenvalue weighted by Crippen LogP contribution is -2.45. The summed E-state index contributed by atoms with van der Waals surface area (Å²) in [7, 11) is 0. The van der Waals surface area contributed by atoms with Crippen LogP contribution in [0.2, 0.25) is 0 Å². The molecule has 3 N–H and O–H groups in total. The van der Waals surface area contributed by atoms with Crippen molar-refractivity contribution < 1.29 is 14.3 Å². The molecule has 0 saturated carbocycles. The highest BCUT2D eigenvalue weighted by Crippen LogP contribution is 2.27. The minimum atomic E-state index is -0.422. The van der Waals surface area contributed by atoms with Crippen molar-refractivity contribution in [2.75, 3.05) is 26.4 Å². The van der Waals surface area contributed by atoms with Crippen LogP contribution in [0.3, 0.4) is 0 Å². The van der Waals surface area contributed by atoms with Crippen molar-refractivity contribution in [2.45, 2.75) is 44.8 Å². The van der Waals surface area contributed by atoms with E-state index in [2.05, 4.69) is 19.2 Å². The van der Waals surface area contributed by atoms with Crippen LogP contribution >= 0.6 is 0 Å². The topological polar surface area (TPSA) is 73.6 Å². The monoisotopic (exact) mass is 244 g/mol. The summed E-state index contributed by atoms with van der Waals surface area (Å²) in [6.07, 6.45) is 3.09. The van der Waals surface area contributed by atoms with Crippen LogP contribution in [0.4, 0.5) is 0 Å². The number of rotatable bonds is 7. The van der Waals surface area contributed by atoms with Crippen LogP contribution in [0.1, 0.15) is 33.1 Å². The summed E-state index contributed by atoms with van der Waals surface area (Å²) in [6, 6.07) is 0.478. The zero-order valence-corrected chi connectivity index (χ0v) is 10.8. The van der Waals surface area contributed by atoms with E-state index in [0.717, 1.165) is 32.4 Å².